The standard InChI is InChI=1S/C19H17FN2O3/c1-13-3-8-17(25-13)12-22(16-6-4-15(20)5-7-16)19(24)14-9-10-21(2)18(23)11-14/h3-11H,12H2,1-2H3. The molecule has 3 aromatic rings. The molecule has 0 spiro atoms. The summed E-state index contributed by atoms with van der Waals surface area (Å²) in [5.74, 6) is 0.575. The Kier molecular flexibility index (Phi) is 4.52. The van der Waals surface area contributed by atoms with Crippen molar-refractivity contribution in [2.45, 2.75) is 13.5 Å². The highest BCUT2D eigenvalue weighted by atomic mass is 19.1. The summed E-state index contributed by atoms with van der Waals surface area (Å²) in [7, 11) is 1.61. The van der Waals surface area contributed by atoms with Crippen molar-refractivity contribution in [1.29, 1.82) is 0 Å². The minimum atomic E-state index is -0.390. The van der Waals surface area contributed by atoms with E-state index >= 15 is 0 Å². The molecule has 5 nitrogen and oxygen atoms in total. The maximum atomic E-state index is 13.2. The van der Waals surface area contributed by atoms with E-state index in [-0.39, 0.29) is 23.6 Å². The SMILES string of the molecule is Cc1ccc(CN(C(=O)c2ccn(C)c(=O)c2)c2ccc(F)cc2)o1. The van der Waals surface area contributed by atoms with Crippen LogP contribution in [0.4, 0.5) is 10.1 Å². The molecule has 0 saturated heterocycles. The van der Waals surface area contributed by atoms with Crippen molar-refractivity contribution < 1.29 is 13.6 Å². The van der Waals surface area contributed by atoms with Crippen LogP contribution in [0.1, 0.15) is 21.9 Å². The number of hydrogen-bond donors (Lipinski definition) is 0. The average molecular weight is 340 g/mol. The lowest BCUT2D eigenvalue weighted by Crippen LogP contribution is -2.31. The molecule has 1 aromatic carbocycles. The van der Waals surface area contributed by atoms with Gasteiger partial charge in [-0.3, -0.25) is 9.59 Å². The van der Waals surface area contributed by atoms with Crippen LogP contribution in [0.2, 0.25) is 0 Å². The predicted molar refractivity (Wildman–Crippen MR) is 92.0 cm³/mol. The highest BCUT2D eigenvalue weighted by Crippen LogP contribution is 2.21. The van der Waals surface area contributed by atoms with E-state index in [4.69, 9.17) is 4.42 Å². The van der Waals surface area contributed by atoms with Gasteiger partial charge in [-0.15, -0.1) is 0 Å². The summed E-state index contributed by atoms with van der Waals surface area (Å²) >= 11 is 0. The van der Waals surface area contributed by atoms with Crippen molar-refractivity contribution in [1.82, 2.24) is 4.57 Å². The molecule has 0 aliphatic heterocycles. The zero-order chi connectivity index (χ0) is 18.0. The maximum Gasteiger partial charge on any atom is 0.258 e. The molecule has 2 aromatic heterocycles. The smallest absolute Gasteiger partial charge is 0.258 e. The number of halogens is 1. The third-order valence-electron chi connectivity index (χ3n) is 3.84. The molecule has 25 heavy (non-hydrogen) atoms. The van der Waals surface area contributed by atoms with Gasteiger partial charge in [0.25, 0.3) is 11.5 Å². The zero-order valence-corrected chi connectivity index (χ0v) is 13.9. The molecule has 0 aliphatic carbocycles. The molecule has 1 amide bonds. The van der Waals surface area contributed by atoms with Gasteiger partial charge >= 0.3 is 0 Å². The van der Waals surface area contributed by atoms with E-state index in [0.29, 0.717) is 11.4 Å². The van der Waals surface area contributed by atoms with E-state index in [9.17, 15) is 14.0 Å². The van der Waals surface area contributed by atoms with Crippen LogP contribution in [0, 0.1) is 12.7 Å². The molecule has 3 rings (SSSR count). The number of carbonyl (C=O) groups is 1. The van der Waals surface area contributed by atoms with Crippen LogP contribution in [0.5, 0.6) is 0 Å². The first-order valence-corrected chi connectivity index (χ1v) is 7.73. The van der Waals surface area contributed by atoms with Crippen LogP contribution in [-0.2, 0) is 13.6 Å². The molecule has 0 N–H and O–H groups in total. The van der Waals surface area contributed by atoms with Gasteiger partial charge < -0.3 is 13.9 Å². The zero-order valence-electron chi connectivity index (χ0n) is 13.9. The molecule has 0 unspecified atom stereocenters. The minimum Gasteiger partial charge on any atom is -0.464 e. The second-order valence-corrected chi connectivity index (χ2v) is 5.74. The molecule has 0 fully saturated rings. The molecule has 6 heteroatoms. The second-order valence-electron chi connectivity index (χ2n) is 5.74. The van der Waals surface area contributed by atoms with Crippen LogP contribution >= 0.6 is 0 Å². The number of carbonyl (C=O) groups excluding carboxylic acids is 1. The van der Waals surface area contributed by atoms with Gasteiger partial charge in [0.2, 0.25) is 0 Å². The van der Waals surface area contributed by atoms with Crippen LogP contribution in [0.25, 0.3) is 0 Å². The number of rotatable bonds is 4. The highest BCUT2D eigenvalue weighted by Gasteiger charge is 2.20. The number of amides is 1. The Morgan fingerprint density at radius 3 is 2.48 bits per heavy atom. The number of pyridine rings is 1. The molecule has 0 radical (unpaired) electrons. The lowest BCUT2D eigenvalue weighted by molar-refractivity contribution is 0.0983. The number of benzene rings is 1. The summed E-state index contributed by atoms with van der Waals surface area (Å²) in [6.07, 6.45) is 1.54. The van der Waals surface area contributed by atoms with Crippen molar-refractivity contribution in [3.8, 4) is 0 Å². The normalized spacial score (nSPS) is 10.7. The van der Waals surface area contributed by atoms with E-state index in [1.54, 1.807) is 25.2 Å². The summed E-state index contributed by atoms with van der Waals surface area (Å²) in [5, 5.41) is 0. The summed E-state index contributed by atoms with van der Waals surface area (Å²) in [6.45, 7) is 1.99. The van der Waals surface area contributed by atoms with Gasteiger partial charge in [-0.25, -0.2) is 4.39 Å². The van der Waals surface area contributed by atoms with E-state index in [1.807, 2.05) is 6.92 Å². The maximum absolute atomic E-state index is 13.2. The first-order valence-electron chi connectivity index (χ1n) is 7.73. The Hall–Kier alpha value is -3.15. The fourth-order valence-electron chi connectivity index (χ4n) is 2.46. The largest absolute Gasteiger partial charge is 0.464 e. The van der Waals surface area contributed by atoms with Gasteiger partial charge in [-0.05, 0) is 49.4 Å². The molecule has 0 atom stereocenters. The molecule has 128 valence electrons. The predicted octanol–water partition coefficient (Wildman–Crippen LogP) is 3.27. The number of aryl methyl sites for hydroxylation is 2. The summed E-state index contributed by atoms with van der Waals surface area (Å²) in [5.41, 5.74) is 0.496. The van der Waals surface area contributed by atoms with Crippen LogP contribution < -0.4 is 10.5 Å². The number of hydrogen-bond acceptors (Lipinski definition) is 3. The molecule has 0 bridgehead atoms. The lowest BCUT2D eigenvalue weighted by Gasteiger charge is -2.22. The third-order valence-corrected chi connectivity index (χ3v) is 3.84. The van der Waals surface area contributed by atoms with Gasteiger partial charge in [0.15, 0.2) is 0 Å². The summed E-state index contributed by atoms with van der Waals surface area (Å²) < 4.78 is 20.2. The highest BCUT2D eigenvalue weighted by molar-refractivity contribution is 6.05. The van der Waals surface area contributed by atoms with Crippen LogP contribution in [0.3, 0.4) is 0 Å². The van der Waals surface area contributed by atoms with Crippen molar-refractivity contribution in [2.75, 3.05) is 4.90 Å². The average Bonchev–Trinajstić information content (AvgIpc) is 3.01. The number of aromatic nitrogens is 1. The molecule has 0 saturated carbocycles. The number of furan rings is 1. The van der Waals surface area contributed by atoms with E-state index < -0.39 is 5.82 Å². The van der Waals surface area contributed by atoms with Crippen molar-refractivity contribution >= 4 is 11.6 Å². The van der Waals surface area contributed by atoms with Gasteiger partial charge in [-0.2, -0.15) is 0 Å². The van der Waals surface area contributed by atoms with Gasteiger partial charge in [0.1, 0.15) is 17.3 Å². The first-order chi connectivity index (χ1) is 11.9. The third kappa shape index (κ3) is 3.68. The van der Waals surface area contributed by atoms with E-state index in [1.165, 1.54) is 46.0 Å². The minimum absolute atomic E-state index is 0.174. The van der Waals surface area contributed by atoms with Crippen molar-refractivity contribution in [3.05, 3.63) is 88.0 Å². The lowest BCUT2D eigenvalue weighted by atomic mass is 10.2. The van der Waals surface area contributed by atoms with E-state index in [2.05, 4.69) is 0 Å². The van der Waals surface area contributed by atoms with E-state index in [0.717, 1.165) is 5.76 Å². The van der Waals surface area contributed by atoms with Gasteiger partial charge in [0, 0.05) is 30.6 Å². The van der Waals surface area contributed by atoms with Crippen molar-refractivity contribution in [3.63, 3.8) is 0 Å². The van der Waals surface area contributed by atoms with Gasteiger partial charge in [0.05, 0.1) is 6.54 Å². The fraction of sp³-hybridized carbons (Fsp3) is 0.158. The first kappa shape index (κ1) is 16.7. The van der Waals surface area contributed by atoms with Gasteiger partial charge in [-0.1, -0.05) is 0 Å². The monoisotopic (exact) mass is 340 g/mol. The number of nitrogens with zero attached hydrogens (tertiary/aromatic N) is 2. The quantitative estimate of drug-likeness (QED) is 0.732. The fourth-order valence-corrected chi connectivity index (χ4v) is 2.46. The Morgan fingerprint density at radius 2 is 1.88 bits per heavy atom. The second kappa shape index (κ2) is 6.76. The van der Waals surface area contributed by atoms with Crippen LogP contribution in [-0.4, -0.2) is 10.5 Å². The summed E-state index contributed by atoms with van der Waals surface area (Å²) in [6, 6.07) is 12.1. The van der Waals surface area contributed by atoms with Crippen molar-refractivity contribution in [2.24, 2.45) is 7.05 Å². The van der Waals surface area contributed by atoms with Crippen LogP contribution in [0.15, 0.2) is 63.9 Å². The summed E-state index contributed by atoms with van der Waals surface area (Å²) in [4.78, 5) is 26.2. The number of anilines is 1. The topological polar surface area (TPSA) is 55.5 Å². The molecule has 0 aliphatic rings. The molecular weight excluding hydrogens is 323 g/mol. The Balaban J connectivity index is 1.99. The Labute approximate surface area is 143 Å². The molecular formula is C19H17FN2O3. The Bertz CT molecular complexity index is 957. The molecule has 2 heterocycles. The Morgan fingerprint density at radius 1 is 1.16 bits per heavy atom.